The number of ether oxygens (including phenoxy) is 1. The molecule has 0 fully saturated rings. The van der Waals surface area contributed by atoms with Crippen molar-refractivity contribution in [1.29, 1.82) is 0 Å². The van der Waals surface area contributed by atoms with Crippen molar-refractivity contribution in [3.05, 3.63) is 108 Å². The Labute approximate surface area is 177 Å². The van der Waals surface area contributed by atoms with Crippen molar-refractivity contribution in [2.24, 2.45) is 0 Å². The van der Waals surface area contributed by atoms with Gasteiger partial charge in [-0.1, -0.05) is 60.7 Å². The van der Waals surface area contributed by atoms with Crippen LogP contribution < -0.4 is 10.1 Å². The molecule has 3 aromatic carbocycles. The number of nitrogens with zero attached hydrogens (tertiary/aromatic N) is 1. The van der Waals surface area contributed by atoms with E-state index >= 15 is 0 Å². The van der Waals surface area contributed by atoms with E-state index in [1.165, 1.54) is 5.56 Å². The van der Waals surface area contributed by atoms with Crippen LogP contribution >= 0.6 is 0 Å². The smallest absolute Gasteiger partial charge is 0.258 e. The minimum Gasteiger partial charge on any atom is -0.493 e. The highest BCUT2D eigenvalue weighted by Crippen LogP contribution is 2.38. The average Bonchev–Trinajstić information content (AvgIpc) is 2.78. The highest BCUT2D eigenvalue weighted by Gasteiger charge is 2.41. The number of benzene rings is 3. The molecule has 1 heterocycles. The molecule has 30 heavy (non-hydrogen) atoms. The molecule has 0 bridgehead atoms. The number of carbonyl (C=O) groups is 1. The van der Waals surface area contributed by atoms with Gasteiger partial charge in [0.1, 0.15) is 11.4 Å². The fourth-order valence-electron chi connectivity index (χ4n) is 3.89. The fraction of sp³-hybridized carbons (Fsp3) is 0.192. The fourth-order valence-corrected chi connectivity index (χ4v) is 3.89. The lowest BCUT2D eigenvalue weighted by Gasteiger charge is -2.46. The van der Waals surface area contributed by atoms with Crippen molar-refractivity contribution in [3.8, 4) is 5.75 Å². The zero-order valence-electron chi connectivity index (χ0n) is 17.2. The maximum Gasteiger partial charge on any atom is 0.258 e. The molecule has 1 aliphatic rings. The summed E-state index contributed by atoms with van der Waals surface area (Å²) >= 11 is 0. The largest absolute Gasteiger partial charge is 0.493 e. The average molecular weight is 399 g/mol. The number of rotatable bonds is 7. The summed E-state index contributed by atoms with van der Waals surface area (Å²) in [4.78, 5) is 15.0. The van der Waals surface area contributed by atoms with Crippen molar-refractivity contribution < 1.29 is 9.53 Å². The Kier molecular flexibility index (Phi) is 5.57. The van der Waals surface area contributed by atoms with Gasteiger partial charge in [0.25, 0.3) is 5.91 Å². The van der Waals surface area contributed by atoms with E-state index in [1.54, 1.807) is 6.08 Å². The molecule has 152 valence electrons. The van der Waals surface area contributed by atoms with Crippen LogP contribution in [0.4, 0.5) is 5.69 Å². The second kappa shape index (κ2) is 8.46. The Morgan fingerprint density at radius 1 is 1.00 bits per heavy atom. The Hall–Kier alpha value is -3.53. The van der Waals surface area contributed by atoms with E-state index in [2.05, 4.69) is 24.0 Å². The molecule has 0 saturated heterocycles. The Morgan fingerprint density at radius 2 is 1.70 bits per heavy atom. The molecule has 0 radical (unpaired) electrons. The van der Waals surface area contributed by atoms with Gasteiger partial charge in [0.05, 0.1) is 12.2 Å². The molecule has 0 spiro atoms. The molecule has 1 N–H and O–H groups in total. The van der Waals surface area contributed by atoms with Crippen LogP contribution in [0.15, 0.2) is 91.5 Å². The number of hydrogen-bond acceptors (Lipinski definition) is 3. The molecule has 4 heteroatoms. The second-order valence-electron chi connectivity index (χ2n) is 7.56. The summed E-state index contributed by atoms with van der Waals surface area (Å²) in [6.45, 7) is 6.93. The number of amides is 1. The van der Waals surface area contributed by atoms with Crippen LogP contribution in [0.1, 0.15) is 28.4 Å². The van der Waals surface area contributed by atoms with E-state index in [-0.39, 0.29) is 5.91 Å². The number of anilines is 1. The van der Waals surface area contributed by atoms with Gasteiger partial charge in [-0.25, -0.2) is 0 Å². The van der Waals surface area contributed by atoms with Crippen LogP contribution in [0.5, 0.6) is 5.75 Å². The third kappa shape index (κ3) is 3.81. The van der Waals surface area contributed by atoms with E-state index in [4.69, 9.17) is 4.74 Å². The van der Waals surface area contributed by atoms with Gasteiger partial charge in [-0.15, -0.1) is 6.58 Å². The molecule has 1 amide bonds. The molecule has 1 atom stereocenters. The van der Waals surface area contributed by atoms with Gasteiger partial charge in [0.15, 0.2) is 0 Å². The lowest BCUT2D eigenvalue weighted by Crippen LogP contribution is -2.55. The topological polar surface area (TPSA) is 41.6 Å². The van der Waals surface area contributed by atoms with Gasteiger partial charge in [-0.2, -0.15) is 0 Å². The molecule has 0 saturated carbocycles. The molecule has 4 rings (SSSR count). The zero-order valence-corrected chi connectivity index (χ0v) is 17.2. The van der Waals surface area contributed by atoms with E-state index in [1.807, 2.05) is 78.6 Å². The molecule has 3 aromatic rings. The molecule has 1 aliphatic heterocycles. The van der Waals surface area contributed by atoms with Crippen molar-refractivity contribution in [1.82, 2.24) is 4.90 Å². The second-order valence-corrected chi connectivity index (χ2v) is 7.56. The van der Waals surface area contributed by atoms with Crippen LogP contribution in [-0.2, 0) is 12.1 Å². The first-order valence-electron chi connectivity index (χ1n) is 10.2. The number of fused-ring (bicyclic) bond motifs is 1. The number of nitrogens with one attached hydrogen (secondary N) is 1. The van der Waals surface area contributed by atoms with E-state index in [0.29, 0.717) is 18.7 Å². The van der Waals surface area contributed by atoms with Crippen LogP contribution in [-0.4, -0.2) is 24.0 Å². The monoisotopic (exact) mass is 398 g/mol. The lowest BCUT2D eigenvalue weighted by molar-refractivity contribution is 0.0572. The van der Waals surface area contributed by atoms with Gasteiger partial charge >= 0.3 is 0 Å². The number of carbonyl (C=O) groups excluding carboxylic acids is 1. The molecule has 1 unspecified atom stereocenters. The Balaban J connectivity index is 1.53. The van der Waals surface area contributed by atoms with Crippen LogP contribution in [0, 0.1) is 0 Å². The minimum absolute atomic E-state index is 0.00469. The van der Waals surface area contributed by atoms with Crippen molar-refractivity contribution in [2.45, 2.75) is 19.0 Å². The van der Waals surface area contributed by atoms with Crippen molar-refractivity contribution in [3.63, 3.8) is 0 Å². The van der Waals surface area contributed by atoms with E-state index < -0.39 is 5.66 Å². The van der Waals surface area contributed by atoms with Crippen molar-refractivity contribution in [2.75, 3.05) is 18.5 Å². The number of hydrogen-bond donors (Lipinski definition) is 1. The highest BCUT2D eigenvalue weighted by molar-refractivity contribution is 6.02. The summed E-state index contributed by atoms with van der Waals surface area (Å²) in [6.07, 6.45) is 2.62. The highest BCUT2D eigenvalue weighted by atomic mass is 16.5. The normalized spacial score (nSPS) is 17.8. The Morgan fingerprint density at radius 3 is 2.43 bits per heavy atom. The van der Waals surface area contributed by atoms with E-state index in [0.717, 1.165) is 23.4 Å². The quantitative estimate of drug-likeness (QED) is 0.554. The van der Waals surface area contributed by atoms with Crippen LogP contribution in [0.2, 0.25) is 0 Å². The molecule has 4 nitrogen and oxygen atoms in total. The third-order valence-electron chi connectivity index (χ3n) is 5.55. The first-order valence-corrected chi connectivity index (χ1v) is 10.2. The van der Waals surface area contributed by atoms with Gasteiger partial charge < -0.3 is 15.0 Å². The summed E-state index contributed by atoms with van der Waals surface area (Å²) in [5, 5.41) is 3.56. The number of para-hydroxylation sites is 1. The van der Waals surface area contributed by atoms with Gasteiger partial charge in [0, 0.05) is 18.7 Å². The summed E-state index contributed by atoms with van der Waals surface area (Å²) < 4.78 is 5.92. The summed E-state index contributed by atoms with van der Waals surface area (Å²) in [7, 11) is 0. The first kappa shape index (κ1) is 19.8. The van der Waals surface area contributed by atoms with Crippen LogP contribution in [0.3, 0.4) is 0 Å². The van der Waals surface area contributed by atoms with Crippen molar-refractivity contribution >= 4 is 11.6 Å². The predicted molar refractivity (Wildman–Crippen MR) is 121 cm³/mol. The summed E-state index contributed by atoms with van der Waals surface area (Å²) in [5.41, 5.74) is 3.08. The molecular formula is C26H26N2O2. The predicted octanol–water partition coefficient (Wildman–Crippen LogP) is 5.23. The Bertz CT molecular complexity index is 1030. The maximum absolute atomic E-state index is 13.2. The van der Waals surface area contributed by atoms with E-state index in [9.17, 15) is 4.79 Å². The molecule has 0 aliphatic carbocycles. The molecular weight excluding hydrogens is 372 g/mol. The minimum atomic E-state index is -0.678. The summed E-state index contributed by atoms with van der Waals surface area (Å²) in [5.74, 6) is 0.811. The maximum atomic E-state index is 13.2. The SMILES string of the molecule is C=CCN1C(=O)c2ccccc2NC1(C)c1ccc(OCCc2ccccc2)cc1. The standard InChI is InChI=1S/C26H26N2O2/c1-3-18-28-25(29)23-11-7-8-12-24(23)27-26(28,2)21-13-15-22(16-14-21)30-19-17-20-9-5-4-6-10-20/h3-16,27H,1,17-19H2,2H3. The third-order valence-corrected chi connectivity index (χ3v) is 5.55. The van der Waals surface area contributed by atoms with Crippen LogP contribution in [0.25, 0.3) is 0 Å². The lowest BCUT2D eigenvalue weighted by atomic mass is 9.93. The molecule has 0 aromatic heterocycles. The van der Waals surface area contributed by atoms with Gasteiger partial charge in [0.2, 0.25) is 0 Å². The first-order chi connectivity index (χ1) is 14.6. The van der Waals surface area contributed by atoms with Gasteiger partial charge in [-0.3, -0.25) is 4.79 Å². The zero-order chi connectivity index (χ0) is 21.0. The summed E-state index contributed by atoms with van der Waals surface area (Å²) in [6, 6.07) is 25.9. The van der Waals surface area contributed by atoms with Gasteiger partial charge in [-0.05, 0) is 42.3 Å².